The van der Waals surface area contributed by atoms with Gasteiger partial charge in [-0.05, 0) is 31.0 Å². The molecule has 0 heterocycles. The van der Waals surface area contributed by atoms with Crippen LogP contribution in [-0.2, 0) is 0 Å². The molecule has 76 valence electrons. The van der Waals surface area contributed by atoms with Crippen LogP contribution in [0.5, 0.6) is 0 Å². The molecular weight excluding hydrogens is 179 g/mol. The van der Waals surface area contributed by atoms with Gasteiger partial charge in [0.05, 0.1) is 0 Å². The first-order valence-corrected chi connectivity index (χ1v) is 4.49. The minimum absolute atomic E-state index is 0.0665. The fourth-order valence-corrected chi connectivity index (χ4v) is 1.34. The van der Waals surface area contributed by atoms with Gasteiger partial charge in [-0.3, -0.25) is 11.3 Å². The Kier molecular flexibility index (Phi) is 3.80. The van der Waals surface area contributed by atoms with E-state index in [0.717, 1.165) is 11.1 Å². The smallest absolute Gasteiger partial charge is 0.123 e. The molecule has 0 fully saturated rings. The molecule has 2 nitrogen and oxygen atoms in total. The molecule has 0 saturated carbocycles. The molecule has 3 N–H and O–H groups in total. The first kappa shape index (κ1) is 10.9. The van der Waals surface area contributed by atoms with Gasteiger partial charge in [-0.2, -0.15) is 0 Å². The van der Waals surface area contributed by atoms with Crippen molar-refractivity contribution in [2.75, 3.05) is 0 Å². The molecule has 0 aliphatic carbocycles. The Labute approximate surface area is 83.6 Å². The Hall–Kier alpha value is -1.19. The Morgan fingerprint density at radius 2 is 2.36 bits per heavy atom. The van der Waals surface area contributed by atoms with Crippen molar-refractivity contribution in [3.8, 4) is 0 Å². The summed E-state index contributed by atoms with van der Waals surface area (Å²) >= 11 is 0. The maximum Gasteiger partial charge on any atom is 0.123 e. The maximum absolute atomic E-state index is 12.9. The highest BCUT2D eigenvalue weighted by Gasteiger charge is 2.09. The lowest BCUT2D eigenvalue weighted by Crippen LogP contribution is -2.28. The summed E-state index contributed by atoms with van der Waals surface area (Å²) in [5, 5.41) is 0. The van der Waals surface area contributed by atoms with E-state index in [9.17, 15) is 4.39 Å². The van der Waals surface area contributed by atoms with Crippen molar-refractivity contribution < 1.29 is 4.39 Å². The number of rotatable bonds is 4. The quantitative estimate of drug-likeness (QED) is 0.438. The van der Waals surface area contributed by atoms with E-state index in [-0.39, 0.29) is 11.9 Å². The Morgan fingerprint density at radius 3 is 2.86 bits per heavy atom. The van der Waals surface area contributed by atoms with E-state index >= 15 is 0 Å². The third-order valence-electron chi connectivity index (χ3n) is 2.00. The summed E-state index contributed by atoms with van der Waals surface area (Å²) in [5.74, 6) is 5.14. The van der Waals surface area contributed by atoms with Crippen LogP contribution < -0.4 is 11.3 Å². The molecule has 0 saturated heterocycles. The number of hydrogen-bond donors (Lipinski definition) is 2. The topological polar surface area (TPSA) is 38.0 Å². The number of hydrogen-bond acceptors (Lipinski definition) is 2. The molecule has 0 bridgehead atoms. The lowest BCUT2D eigenvalue weighted by Gasteiger charge is -2.16. The first-order chi connectivity index (χ1) is 6.63. The summed E-state index contributed by atoms with van der Waals surface area (Å²) in [6.07, 6.45) is 0.708. The number of halogens is 1. The van der Waals surface area contributed by atoms with Crippen molar-refractivity contribution >= 4 is 0 Å². The van der Waals surface area contributed by atoms with Crippen molar-refractivity contribution in [2.45, 2.75) is 19.4 Å². The summed E-state index contributed by atoms with van der Waals surface area (Å²) in [4.78, 5) is 0. The van der Waals surface area contributed by atoms with Gasteiger partial charge in [-0.15, -0.1) is 6.58 Å². The molecule has 1 rings (SSSR count). The third kappa shape index (κ3) is 2.94. The van der Waals surface area contributed by atoms with Crippen LogP contribution >= 0.6 is 0 Å². The summed E-state index contributed by atoms with van der Waals surface area (Å²) in [7, 11) is 0. The molecule has 1 aromatic rings. The van der Waals surface area contributed by atoms with E-state index in [4.69, 9.17) is 5.84 Å². The molecule has 0 amide bonds. The molecule has 0 aromatic heterocycles. The second-order valence-electron chi connectivity index (χ2n) is 3.44. The molecule has 1 unspecified atom stereocenters. The van der Waals surface area contributed by atoms with Gasteiger partial charge in [0.25, 0.3) is 0 Å². The lowest BCUT2D eigenvalue weighted by atomic mass is 10.0. The van der Waals surface area contributed by atoms with Gasteiger partial charge in [0, 0.05) is 6.04 Å². The van der Waals surface area contributed by atoms with E-state index in [1.165, 1.54) is 12.1 Å². The van der Waals surface area contributed by atoms with Gasteiger partial charge in [-0.1, -0.05) is 17.7 Å². The van der Waals surface area contributed by atoms with Crippen molar-refractivity contribution in [2.24, 2.45) is 5.84 Å². The van der Waals surface area contributed by atoms with Crippen LogP contribution in [0.2, 0.25) is 0 Å². The van der Waals surface area contributed by atoms with Crippen LogP contribution in [0.4, 0.5) is 4.39 Å². The van der Waals surface area contributed by atoms with E-state index in [1.54, 1.807) is 6.07 Å². The highest BCUT2D eigenvalue weighted by molar-refractivity contribution is 5.21. The monoisotopic (exact) mass is 194 g/mol. The minimum Gasteiger partial charge on any atom is -0.271 e. The van der Waals surface area contributed by atoms with Crippen molar-refractivity contribution in [3.05, 3.63) is 47.8 Å². The Morgan fingerprint density at radius 1 is 1.64 bits per heavy atom. The van der Waals surface area contributed by atoms with Gasteiger partial charge in [0.15, 0.2) is 0 Å². The summed E-state index contributed by atoms with van der Waals surface area (Å²) < 4.78 is 12.9. The Balaban J connectivity index is 2.83. The van der Waals surface area contributed by atoms with Gasteiger partial charge in [0.2, 0.25) is 0 Å². The number of benzene rings is 1. The van der Waals surface area contributed by atoms with Crippen LogP contribution in [0, 0.1) is 5.82 Å². The van der Waals surface area contributed by atoms with E-state index in [1.807, 2.05) is 13.0 Å². The maximum atomic E-state index is 12.9. The van der Waals surface area contributed by atoms with Crippen LogP contribution in [0.25, 0.3) is 0 Å². The van der Waals surface area contributed by atoms with E-state index < -0.39 is 0 Å². The summed E-state index contributed by atoms with van der Waals surface area (Å²) in [5.41, 5.74) is 4.50. The highest BCUT2D eigenvalue weighted by Crippen LogP contribution is 2.19. The van der Waals surface area contributed by atoms with Crippen LogP contribution in [0.1, 0.15) is 24.9 Å². The average molecular weight is 194 g/mol. The zero-order valence-corrected chi connectivity index (χ0v) is 8.26. The molecule has 0 aliphatic heterocycles. The number of hydrazine groups is 1. The SMILES string of the molecule is C=C(C)CC(NN)c1cccc(F)c1. The fraction of sp³-hybridized carbons (Fsp3) is 0.273. The predicted molar refractivity (Wildman–Crippen MR) is 55.9 cm³/mol. The Bertz CT molecular complexity index is 323. The van der Waals surface area contributed by atoms with Gasteiger partial charge in [-0.25, -0.2) is 4.39 Å². The first-order valence-electron chi connectivity index (χ1n) is 4.49. The largest absolute Gasteiger partial charge is 0.271 e. The van der Waals surface area contributed by atoms with Crippen LogP contribution in [0.3, 0.4) is 0 Å². The van der Waals surface area contributed by atoms with Crippen molar-refractivity contribution in [1.82, 2.24) is 5.43 Å². The lowest BCUT2D eigenvalue weighted by molar-refractivity contribution is 0.543. The molecule has 1 atom stereocenters. The molecule has 1 aromatic carbocycles. The zero-order chi connectivity index (χ0) is 10.6. The highest BCUT2D eigenvalue weighted by atomic mass is 19.1. The van der Waals surface area contributed by atoms with E-state index in [0.29, 0.717) is 6.42 Å². The average Bonchev–Trinajstić information content (AvgIpc) is 2.14. The van der Waals surface area contributed by atoms with Crippen molar-refractivity contribution in [1.29, 1.82) is 0 Å². The summed E-state index contributed by atoms with van der Waals surface area (Å²) in [6, 6.07) is 6.35. The molecule has 14 heavy (non-hydrogen) atoms. The molecule has 0 spiro atoms. The van der Waals surface area contributed by atoms with Crippen LogP contribution in [-0.4, -0.2) is 0 Å². The molecule has 0 aliphatic rings. The standard InChI is InChI=1S/C11H15FN2/c1-8(2)6-11(14-13)9-4-3-5-10(12)7-9/h3-5,7,11,14H,1,6,13H2,2H3. The van der Waals surface area contributed by atoms with Gasteiger partial charge in [0.1, 0.15) is 5.82 Å². The summed E-state index contributed by atoms with van der Waals surface area (Å²) in [6.45, 7) is 5.72. The minimum atomic E-state index is -0.246. The number of nitrogens with two attached hydrogens (primary N) is 1. The third-order valence-corrected chi connectivity index (χ3v) is 2.00. The van der Waals surface area contributed by atoms with Gasteiger partial charge >= 0.3 is 0 Å². The van der Waals surface area contributed by atoms with Crippen molar-refractivity contribution in [3.63, 3.8) is 0 Å². The molecule has 0 radical (unpaired) electrons. The second-order valence-corrected chi connectivity index (χ2v) is 3.44. The van der Waals surface area contributed by atoms with Gasteiger partial charge < -0.3 is 0 Å². The van der Waals surface area contributed by atoms with E-state index in [2.05, 4.69) is 12.0 Å². The zero-order valence-electron chi connectivity index (χ0n) is 8.26. The molecule has 3 heteroatoms. The molecular formula is C11H15FN2. The second kappa shape index (κ2) is 4.88. The predicted octanol–water partition coefficient (Wildman–Crippen LogP) is 2.30. The fourth-order valence-electron chi connectivity index (χ4n) is 1.34. The normalized spacial score (nSPS) is 12.5. The van der Waals surface area contributed by atoms with Crippen LogP contribution in [0.15, 0.2) is 36.4 Å². The number of nitrogens with one attached hydrogen (secondary N) is 1.